The lowest BCUT2D eigenvalue weighted by Crippen LogP contribution is -2.11. The van der Waals surface area contributed by atoms with Gasteiger partial charge in [0.15, 0.2) is 0 Å². The first kappa shape index (κ1) is 33.6. The third kappa shape index (κ3) is 5.91. The highest BCUT2D eigenvalue weighted by molar-refractivity contribution is 6.11. The summed E-state index contributed by atoms with van der Waals surface area (Å²) in [4.78, 5) is 2.41. The summed E-state index contributed by atoms with van der Waals surface area (Å²) in [5, 5.41) is 7.43. The molecule has 0 N–H and O–H groups in total. The van der Waals surface area contributed by atoms with Crippen LogP contribution in [0.5, 0.6) is 0 Å². The van der Waals surface area contributed by atoms with Crippen LogP contribution in [0.1, 0.15) is 0 Å². The molecule has 2 nitrogen and oxygen atoms in total. The topological polar surface area (TPSA) is 8.17 Å². The van der Waals surface area contributed by atoms with E-state index in [0.717, 1.165) is 22.7 Å². The van der Waals surface area contributed by atoms with Crippen molar-refractivity contribution in [3.8, 4) is 39.1 Å². The van der Waals surface area contributed by atoms with Crippen molar-refractivity contribution >= 4 is 60.4 Å². The van der Waals surface area contributed by atoms with Gasteiger partial charge in [0.1, 0.15) is 0 Å². The molecule has 10 aromatic carbocycles. The van der Waals surface area contributed by atoms with Crippen LogP contribution in [-0.4, -0.2) is 4.57 Å². The van der Waals surface area contributed by atoms with Crippen LogP contribution in [0.25, 0.3) is 82.4 Å². The van der Waals surface area contributed by atoms with E-state index < -0.39 is 0 Å². The molecule has 11 aromatic rings. The Morgan fingerprint density at radius 1 is 0.293 bits per heavy atom. The quantitative estimate of drug-likeness (QED) is 0.158. The van der Waals surface area contributed by atoms with E-state index in [1.54, 1.807) is 0 Å². The van der Waals surface area contributed by atoms with Crippen LogP contribution in [-0.2, 0) is 0 Å². The summed E-state index contributed by atoms with van der Waals surface area (Å²) in [7, 11) is 0. The first-order chi connectivity index (χ1) is 28.7. The zero-order valence-electron chi connectivity index (χ0n) is 31.8. The zero-order valence-corrected chi connectivity index (χ0v) is 31.8. The van der Waals surface area contributed by atoms with E-state index in [9.17, 15) is 0 Å². The fourth-order valence-corrected chi connectivity index (χ4v) is 8.69. The van der Waals surface area contributed by atoms with Crippen molar-refractivity contribution in [2.45, 2.75) is 0 Å². The molecule has 0 saturated heterocycles. The SMILES string of the molecule is c1ccc(-c2ccccc2N(c2ccc(-c3ccc4ccc(-c5ccc6ccccc6c5)cc4c3)cc2)c2ccc3c(c2)c2ccccc2n3-c2ccccc2)cc1. The molecule has 58 heavy (non-hydrogen) atoms. The molecule has 0 bridgehead atoms. The fourth-order valence-electron chi connectivity index (χ4n) is 8.69. The van der Waals surface area contributed by atoms with Crippen molar-refractivity contribution in [3.63, 3.8) is 0 Å². The molecule has 272 valence electrons. The van der Waals surface area contributed by atoms with Crippen LogP contribution in [0.15, 0.2) is 231 Å². The number of rotatable bonds is 7. The molecule has 0 aliphatic heterocycles. The van der Waals surface area contributed by atoms with Crippen molar-refractivity contribution in [1.82, 2.24) is 4.57 Å². The van der Waals surface area contributed by atoms with Crippen molar-refractivity contribution in [2.75, 3.05) is 4.90 Å². The van der Waals surface area contributed by atoms with E-state index in [1.165, 1.54) is 76.7 Å². The molecule has 0 aliphatic rings. The van der Waals surface area contributed by atoms with Gasteiger partial charge in [-0.15, -0.1) is 0 Å². The predicted octanol–water partition coefficient (Wildman–Crippen LogP) is 15.6. The number of nitrogens with zero attached hydrogens (tertiary/aromatic N) is 2. The Balaban J connectivity index is 1.03. The molecule has 1 aromatic heterocycles. The normalized spacial score (nSPS) is 11.4. The Morgan fingerprint density at radius 2 is 0.828 bits per heavy atom. The maximum Gasteiger partial charge on any atom is 0.0542 e. The molecule has 1 heterocycles. The lowest BCUT2D eigenvalue weighted by molar-refractivity contribution is 1.18. The van der Waals surface area contributed by atoms with E-state index in [-0.39, 0.29) is 0 Å². The molecule has 0 aliphatic carbocycles. The van der Waals surface area contributed by atoms with Crippen LogP contribution < -0.4 is 4.90 Å². The van der Waals surface area contributed by atoms with E-state index in [1.807, 2.05) is 0 Å². The van der Waals surface area contributed by atoms with Crippen molar-refractivity contribution in [2.24, 2.45) is 0 Å². The van der Waals surface area contributed by atoms with E-state index >= 15 is 0 Å². The van der Waals surface area contributed by atoms with Crippen LogP contribution in [0, 0.1) is 0 Å². The summed E-state index contributed by atoms with van der Waals surface area (Å²) in [6.45, 7) is 0. The lowest BCUT2D eigenvalue weighted by atomic mass is 9.96. The summed E-state index contributed by atoms with van der Waals surface area (Å²) < 4.78 is 2.37. The molecule has 0 radical (unpaired) electrons. The molecule has 0 atom stereocenters. The highest BCUT2D eigenvalue weighted by atomic mass is 15.1. The Morgan fingerprint density at radius 3 is 1.59 bits per heavy atom. The summed E-state index contributed by atoms with van der Waals surface area (Å²) >= 11 is 0. The van der Waals surface area contributed by atoms with E-state index in [4.69, 9.17) is 0 Å². The first-order valence-corrected chi connectivity index (χ1v) is 19.9. The molecular formula is C56H38N2. The van der Waals surface area contributed by atoms with Gasteiger partial charge in [-0.3, -0.25) is 0 Å². The van der Waals surface area contributed by atoms with E-state index in [2.05, 4.69) is 240 Å². The minimum atomic E-state index is 1.10. The molecule has 0 fully saturated rings. The maximum atomic E-state index is 2.41. The average molecular weight is 739 g/mol. The highest BCUT2D eigenvalue weighted by Gasteiger charge is 2.20. The summed E-state index contributed by atoms with van der Waals surface area (Å²) in [5.74, 6) is 0. The lowest BCUT2D eigenvalue weighted by Gasteiger charge is -2.28. The van der Waals surface area contributed by atoms with Crippen LogP contribution in [0.2, 0.25) is 0 Å². The molecule has 0 spiro atoms. The van der Waals surface area contributed by atoms with Crippen molar-refractivity contribution in [1.29, 1.82) is 0 Å². The maximum absolute atomic E-state index is 2.41. The third-order valence-electron chi connectivity index (χ3n) is 11.5. The monoisotopic (exact) mass is 738 g/mol. The van der Waals surface area contributed by atoms with Gasteiger partial charge >= 0.3 is 0 Å². The van der Waals surface area contributed by atoms with Gasteiger partial charge in [-0.05, 0) is 122 Å². The molecule has 0 unspecified atom stereocenters. The summed E-state index contributed by atoms with van der Waals surface area (Å²) in [6, 6.07) is 83.7. The molecule has 0 saturated carbocycles. The number of hydrogen-bond acceptors (Lipinski definition) is 1. The van der Waals surface area contributed by atoms with Gasteiger partial charge in [0.25, 0.3) is 0 Å². The van der Waals surface area contributed by atoms with Gasteiger partial charge in [-0.1, -0.05) is 158 Å². The smallest absolute Gasteiger partial charge is 0.0542 e. The van der Waals surface area contributed by atoms with E-state index in [0.29, 0.717) is 0 Å². The van der Waals surface area contributed by atoms with Gasteiger partial charge in [-0.25, -0.2) is 0 Å². The minimum Gasteiger partial charge on any atom is -0.310 e. The first-order valence-electron chi connectivity index (χ1n) is 19.9. The highest BCUT2D eigenvalue weighted by Crippen LogP contribution is 2.44. The number of aromatic nitrogens is 1. The molecule has 11 rings (SSSR count). The second kappa shape index (κ2) is 14.1. The van der Waals surface area contributed by atoms with Gasteiger partial charge in [0.05, 0.1) is 16.7 Å². The molecule has 0 amide bonds. The fraction of sp³-hybridized carbons (Fsp3) is 0. The van der Waals surface area contributed by atoms with Gasteiger partial charge in [-0.2, -0.15) is 0 Å². The summed E-state index contributed by atoms with van der Waals surface area (Å²) in [6.07, 6.45) is 0. The minimum absolute atomic E-state index is 1.10. The van der Waals surface area contributed by atoms with Gasteiger partial charge in [0.2, 0.25) is 0 Å². The summed E-state index contributed by atoms with van der Waals surface area (Å²) in [5.41, 5.74) is 14.0. The number of benzene rings is 10. The largest absolute Gasteiger partial charge is 0.310 e. The zero-order chi connectivity index (χ0) is 38.4. The van der Waals surface area contributed by atoms with Gasteiger partial charge in [0, 0.05) is 33.4 Å². The number of anilines is 3. The Bertz CT molecular complexity index is 3270. The standard InChI is InChI=1S/C56H38N2/c1-3-14-42(15-4-1)51-19-9-11-21-54(51)57(50-33-34-56-53(38-50)52-20-10-12-22-55(52)58(56)48-17-5-2-6-18-48)49-31-29-40(30-32-49)44-26-24-41-25-28-46(37-47(41)36-44)45-27-23-39-13-7-8-16-43(39)35-45/h1-38H. The number of fused-ring (bicyclic) bond motifs is 5. The number of hydrogen-bond donors (Lipinski definition) is 0. The van der Waals surface area contributed by atoms with Crippen LogP contribution in [0.3, 0.4) is 0 Å². The number of para-hydroxylation sites is 3. The van der Waals surface area contributed by atoms with Crippen LogP contribution >= 0.6 is 0 Å². The average Bonchev–Trinajstić information content (AvgIpc) is 3.63. The molecule has 2 heteroatoms. The predicted molar refractivity (Wildman–Crippen MR) is 247 cm³/mol. The van der Waals surface area contributed by atoms with Crippen molar-refractivity contribution < 1.29 is 0 Å². The van der Waals surface area contributed by atoms with Crippen molar-refractivity contribution in [3.05, 3.63) is 231 Å². The third-order valence-corrected chi connectivity index (χ3v) is 11.5. The second-order valence-corrected chi connectivity index (χ2v) is 15.0. The second-order valence-electron chi connectivity index (χ2n) is 15.0. The van der Waals surface area contributed by atoms with Crippen LogP contribution in [0.4, 0.5) is 17.1 Å². The Kier molecular flexibility index (Phi) is 8.19. The molecular weight excluding hydrogens is 701 g/mol. The Hall–Kier alpha value is -7.68. The Labute approximate surface area is 338 Å². The van der Waals surface area contributed by atoms with Gasteiger partial charge < -0.3 is 9.47 Å².